The summed E-state index contributed by atoms with van der Waals surface area (Å²) in [4.78, 5) is 12.2. The molecule has 2 aromatic rings. The molecule has 0 saturated heterocycles. The van der Waals surface area contributed by atoms with Crippen molar-refractivity contribution in [2.45, 2.75) is 51.4 Å². The minimum absolute atomic E-state index is 0.184. The zero-order valence-electron chi connectivity index (χ0n) is 12.3. The zero-order chi connectivity index (χ0) is 14.2. The highest BCUT2D eigenvalue weighted by Gasteiger charge is 2.23. The van der Waals surface area contributed by atoms with Gasteiger partial charge in [0.05, 0.1) is 0 Å². The lowest BCUT2D eigenvalue weighted by atomic mass is 9.96. The van der Waals surface area contributed by atoms with E-state index in [1.165, 1.54) is 36.6 Å². The van der Waals surface area contributed by atoms with Gasteiger partial charge < -0.3 is 9.73 Å². The molecule has 3 heteroatoms. The van der Waals surface area contributed by atoms with Crippen molar-refractivity contribution in [2.24, 2.45) is 5.92 Å². The Morgan fingerprint density at radius 2 is 1.90 bits per heavy atom. The Labute approximate surface area is 124 Å². The SMILES string of the molecule is O=C(Nc1ccc2oc3c(c2c1)CCCC3)C1CCCC1. The molecule has 2 aliphatic rings. The second-order valence-corrected chi connectivity index (χ2v) is 6.39. The maximum atomic E-state index is 12.2. The molecular formula is C18H21NO2. The Morgan fingerprint density at radius 3 is 2.76 bits per heavy atom. The van der Waals surface area contributed by atoms with Gasteiger partial charge in [0.15, 0.2) is 0 Å². The first-order valence-corrected chi connectivity index (χ1v) is 8.16. The van der Waals surface area contributed by atoms with Gasteiger partial charge in [-0.3, -0.25) is 4.79 Å². The van der Waals surface area contributed by atoms with Crippen LogP contribution in [-0.2, 0) is 17.6 Å². The van der Waals surface area contributed by atoms with E-state index < -0.39 is 0 Å². The van der Waals surface area contributed by atoms with Gasteiger partial charge in [-0.25, -0.2) is 0 Å². The van der Waals surface area contributed by atoms with E-state index in [1.54, 1.807) is 0 Å². The summed E-state index contributed by atoms with van der Waals surface area (Å²) in [5.74, 6) is 1.54. The van der Waals surface area contributed by atoms with Crippen LogP contribution in [0.15, 0.2) is 22.6 Å². The third-order valence-electron chi connectivity index (χ3n) is 4.95. The number of amides is 1. The number of carbonyl (C=O) groups excluding carboxylic acids is 1. The standard InChI is InChI=1S/C18H21NO2/c20-18(12-5-1-2-6-12)19-13-9-10-17-15(11-13)14-7-3-4-8-16(14)21-17/h9-12H,1-8H2,(H,19,20). The summed E-state index contributed by atoms with van der Waals surface area (Å²) in [7, 11) is 0. The Hall–Kier alpha value is -1.77. The average Bonchev–Trinajstić information content (AvgIpc) is 3.14. The first kappa shape index (κ1) is 12.9. The molecule has 0 bridgehead atoms. The smallest absolute Gasteiger partial charge is 0.227 e. The molecule has 0 aliphatic heterocycles. The molecule has 0 unspecified atom stereocenters. The minimum Gasteiger partial charge on any atom is -0.461 e. The molecular weight excluding hydrogens is 262 g/mol. The van der Waals surface area contributed by atoms with Crippen molar-refractivity contribution in [3.63, 3.8) is 0 Å². The van der Waals surface area contributed by atoms with Crippen molar-refractivity contribution in [1.29, 1.82) is 0 Å². The van der Waals surface area contributed by atoms with E-state index in [0.29, 0.717) is 0 Å². The van der Waals surface area contributed by atoms with Gasteiger partial charge in [0.1, 0.15) is 11.3 Å². The summed E-state index contributed by atoms with van der Waals surface area (Å²) in [5.41, 5.74) is 3.22. The van der Waals surface area contributed by atoms with Crippen molar-refractivity contribution in [3.8, 4) is 0 Å². The number of carbonyl (C=O) groups is 1. The van der Waals surface area contributed by atoms with E-state index in [2.05, 4.69) is 11.4 Å². The van der Waals surface area contributed by atoms with Gasteiger partial charge in [0.25, 0.3) is 0 Å². The number of benzene rings is 1. The third-order valence-corrected chi connectivity index (χ3v) is 4.95. The van der Waals surface area contributed by atoms with Gasteiger partial charge in [-0.15, -0.1) is 0 Å². The van der Waals surface area contributed by atoms with Gasteiger partial charge in [-0.1, -0.05) is 12.8 Å². The Morgan fingerprint density at radius 1 is 1.10 bits per heavy atom. The maximum absolute atomic E-state index is 12.2. The first-order valence-electron chi connectivity index (χ1n) is 8.16. The van der Waals surface area contributed by atoms with Crippen LogP contribution in [0.2, 0.25) is 0 Å². The summed E-state index contributed by atoms with van der Waals surface area (Å²) >= 11 is 0. The number of rotatable bonds is 2. The highest BCUT2D eigenvalue weighted by Crippen LogP contribution is 2.34. The van der Waals surface area contributed by atoms with Crippen molar-refractivity contribution in [2.75, 3.05) is 5.32 Å². The number of aryl methyl sites for hydroxylation is 2. The summed E-state index contributed by atoms with van der Waals surface area (Å²) in [5, 5.41) is 4.28. The van der Waals surface area contributed by atoms with Gasteiger partial charge in [0.2, 0.25) is 5.91 Å². The largest absolute Gasteiger partial charge is 0.461 e. The summed E-state index contributed by atoms with van der Waals surface area (Å²) in [6.07, 6.45) is 9.05. The highest BCUT2D eigenvalue weighted by atomic mass is 16.3. The lowest BCUT2D eigenvalue weighted by Crippen LogP contribution is -2.20. The van der Waals surface area contributed by atoms with E-state index >= 15 is 0 Å². The fourth-order valence-corrected chi connectivity index (χ4v) is 3.77. The highest BCUT2D eigenvalue weighted by molar-refractivity contribution is 5.95. The number of fused-ring (bicyclic) bond motifs is 3. The number of furan rings is 1. The topological polar surface area (TPSA) is 42.2 Å². The summed E-state index contributed by atoms with van der Waals surface area (Å²) < 4.78 is 5.94. The second kappa shape index (κ2) is 5.21. The van der Waals surface area contributed by atoms with Crippen LogP contribution in [0.25, 0.3) is 11.0 Å². The second-order valence-electron chi connectivity index (χ2n) is 6.39. The normalized spacial score (nSPS) is 18.9. The van der Waals surface area contributed by atoms with Crippen LogP contribution in [0.5, 0.6) is 0 Å². The Balaban J connectivity index is 1.62. The lowest BCUT2D eigenvalue weighted by Gasteiger charge is -2.11. The van der Waals surface area contributed by atoms with E-state index in [9.17, 15) is 4.79 Å². The molecule has 1 amide bonds. The number of nitrogens with one attached hydrogen (secondary N) is 1. The predicted molar refractivity (Wildman–Crippen MR) is 83.4 cm³/mol. The van der Waals surface area contributed by atoms with Crippen LogP contribution < -0.4 is 5.32 Å². The van der Waals surface area contributed by atoms with Crippen LogP contribution in [-0.4, -0.2) is 5.91 Å². The molecule has 0 atom stereocenters. The molecule has 4 rings (SSSR count). The maximum Gasteiger partial charge on any atom is 0.227 e. The molecule has 1 aromatic heterocycles. The Bertz CT molecular complexity index is 680. The van der Waals surface area contributed by atoms with Crippen molar-refractivity contribution in [1.82, 2.24) is 0 Å². The van der Waals surface area contributed by atoms with Crippen LogP contribution >= 0.6 is 0 Å². The number of anilines is 1. The molecule has 110 valence electrons. The fourth-order valence-electron chi connectivity index (χ4n) is 3.77. The van der Waals surface area contributed by atoms with Gasteiger partial charge >= 0.3 is 0 Å². The number of hydrogen-bond acceptors (Lipinski definition) is 2. The number of hydrogen-bond donors (Lipinski definition) is 1. The van der Waals surface area contributed by atoms with Crippen LogP contribution in [0.4, 0.5) is 5.69 Å². The van der Waals surface area contributed by atoms with Crippen molar-refractivity contribution >= 4 is 22.6 Å². The van der Waals surface area contributed by atoms with Gasteiger partial charge in [-0.05, 0) is 50.3 Å². The molecule has 1 fully saturated rings. The zero-order valence-corrected chi connectivity index (χ0v) is 12.3. The summed E-state index contributed by atoms with van der Waals surface area (Å²) in [6.45, 7) is 0. The molecule has 1 saturated carbocycles. The monoisotopic (exact) mass is 283 g/mol. The quantitative estimate of drug-likeness (QED) is 0.885. The van der Waals surface area contributed by atoms with E-state index in [1.807, 2.05) is 12.1 Å². The average molecular weight is 283 g/mol. The lowest BCUT2D eigenvalue weighted by molar-refractivity contribution is -0.119. The van der Waals surface area contributed by atoms with Crippen molar-refractivity contribution < 1.29 is 9.21 Å². The molecule has 21 heavy (non-hydrogen) atoms. The molecule has 1 aromatic carbocycles. The first-order chi connectivity index (χ1) is 10.3. The van der Waals surface area contributed by atoms with Crippen molar-refractivity contribution in [3.05, 3.63) is 29.5 Å². The predicted octanol–water partition coefficient (Wildman–Crippen LogP) is 4.44. The molecule has 0 spiro atoms. The van der Waals surface area contributed by atoms with Gasteiger partial charge in [-0.2, -0.15) is 0 Å². The molecule has 0 radical (unpaired) electrons. The van der Waals surface area contributed by atoms with Crippen LogP contribution in [0.1, 0.15) is 49.8 Å². The molecule has 1 heterocycles. The fraction of sp³-hybridized carbons (Fsp3) is 0.500. The Kier molecular flexibility index (Phi) is 3.21. The van der Waals surface area contributed by atoms with E-state index in [0.717, 1.165) is 42.7 Å². The van der Waals surface area contributed by atoms with Crippen LogP contribution in [0.3, 0.4) is 0 Å². The molecule has 3 nitrogen and oxygen atoms in total. The molecule has 2 aliphatic carbocycles. The van der Waals surface area contributed by atoms with Gasteiger partial charge in [0, 0.05) is 29.0 Å². The van der Waals surface area contributed by atoms with E-state index in [4.69, 9.17) is 4.42 Å². The van der Waals surface area contributed by atoms with E-state index in [-0.39, 0.29) is 11.8 Å². The molecule has 1 N–H and O–H groups in total. The third kappa shape index (κ3) is 2.35. The summed E-state index contributed by atoms with van der Waals surface area (Å²) in [6, 6.07) is 6.05. The van der Waals surface area contributed by atoms with Crippen LogP contribution in [0, 0.1) is 5.92 Å². The minimum atomic E-state index is 0.184.